The Morgan fingerprint density at radius 3 is 1.69 bits per heavy atom. The summed E-state index contributed by atoms with van der Waals surface area (Å²) in [6, 6.07) is 0. The number of thioether (sulfide) groups is 2. The van der Waals surface area contributed by atoms with Gasteiger partial charge in [0.05, 0.1) is 0 Å². The Balaban J connectivity index is 3.12. The van der Waals surface area contributed by atoms with Gasteiger partial charge in [0, 0.05) is 16.1 Å². The standard InChI is InChI=1S/C10H22O3PS2/c1-3-7-15-9-5-12-14(11)13-6-10-16-8-4-2/h3-10H2,1-2H3/q+1. The van der Waals surface area contributed by atoms with Crippen molar-refractivity contribution in [2.75, 3.05) is 36.2 Å². The summed E-state index contributed by atoms with van der Waals surface area (Å²) in [5.41, 5.74) is 0. The Morgan fingerprint density at radius 1 is 0.875 bits per heavy atom. The Labute approximate surface area is 108 Å². The molecule has 0 fully saturated rings. The average Bonchev–Trinajstić information content (AvgIpc) is 2.28. The van der Waals surface area contributed by atoms with E-state index in [9.17, 15) is 4.57 Å². The second-order valence-electron chi connectivity index (χ2n) is 3.11. The van der Waals surface area contributed by atoms with Crippen molar-refractivity contribution in [1.29, 1.82) is 0 Å². The molecule has 0 N–H and O–H groups in total. The van der Waals surface area contributed by atoms with E-state index in [-0.39, 0.29) is 0 Å². The van der Waals surface area contributed by atoms with Crippen LogP contribution in [0, 0.1) is 0 Å². The molecular weight excluding hydrogens is 263 g/mol. The van der Waals surface area contributed by atoms with E-state index in [1.807, 2.05) is 23.5 Å². The molecule has 0 radical (unpaired) electrons. The normalized spacial score (nSPS) is 10.6. The average molecular weight is 285 g/mol. The van der Waals surface area contributed by atoms with E-state index in [1.54, 1.807) is 0 Å². The van der Waals surface area contributed by atoms with Crippen molar-refractivity contribution in [3.8, 4) is 0 Å². The largest absolute Gasteiger partial charge is 0.697 e. The van der Waals surface area contributed by atoms with E-state index in [2.05, 4.69) is 13.8 Å². The predicted octanol–water partition coefficient (Wildman–Crippen LogP) is 3.96. The van der Waals surface area contributed by atoms with Crippen LogP contribution >= 0.6 is 31.8 Å². The van der Waals surface area contributed by atoms with Gasteiger partial charge < -0.3 is 0 Å². The zero-order chi connectivity index (χ0) is 12.1. The van der Waals surface area contributed by atoms with Crippen molar-refractivity contribution < 1.29 is 13.6 Å². The summed E-state index contributed by atoms with van der Waals surface area (Å²) in [4.78, 5) is 0. The minimum atomic E-state index is -1.90. The molecule has 0 heterocycles. The first-order valence-electron chi connectivity index (χ1n) is 5.69. The van der Waals surface area contributed by atoms with Gasteiger partial charge in [-0.2, -0.15) is 23.5 Å². The minimum absolute atomic E-state index is 0.516. The van der Waals surface area contributed by atoms with Crippen molar-refractivity contribution in [2.24, 2.45) is 0 Å². The Hall–Kier alpha value is 0.720. The molecule has 3 nitrogen and oxygen atoms in total. The van der Waals surface area contributed by atoms with Crippen molar-refractivity contribution in [3.63, 3.8) is 0 Å². The molecule has 0 aromatic carbocycles. The van der Waals surface area contributed by atoms with Gasteiger partial charge in [0.15, 0.2) is 0 Å². The SMILES string of the molecule is CCCSCCO[P+](=O)OCCSCCC. The van der Waals surface area contributed by atoms with E-state index >= 15 is 0 Å². The molecule has 0 aliphatic carbocycles. The molecule has 0 atom stereocenters. The number of hydrogen-bond donors (Lipinski definition) is 0. The molecule has 0 unspecified atom stereocenters. The van der Waals surface area contributed by atoms with E-state index in [0.717, 1.165) is 23.0 Å². The van der Waals surface area contributed by atoms with Gasteiger partial charge in [-0.1, -0.05) is 13.8 Å². The molecule has 96 valence electrons. The third kappa shape index (κ3) is 12.8. The quantitative estimate of drug-likeness (QED) is 0.400. The van der Waals surface area contributed by atoms with Crippen LogP contribution in [0.5, 0.6) is 0 Å². The summed E-state index contributed by atoms with van der Waals surface area (Å²) >= 11 is 3.63. The fourth-order valence-electron chi connectivity index (χ4n) is 0.872. The van der Waals surface area contributed by atoms with Crippen LogP contribution in [-0.2, 0) is 13.6 Å². The minimum Gasteiger partial charge on any atom is -0.159 e. The molecule has 0 aliphatic heterocycles. The summed E-state index contributed by atoms with van der Waals surface area (Å²) in [5, 5.41) is 0. The lowest BCUT2D eigenvalue weighted by atomic mass is 10.6. The van der Waals surface area contributed by atoms with Crippen LogP contribution in [0.25, 0.3) is 0 Å². The highest BCUT2D eigenvalue weighted by Gasteiger charge is 2.18. The molecule has 0 aromatic heterocycles. The van der Waals surface area contributed by atoms with Crippen molar-refractivity contribution in [3.05, 3.63) is 0 Å². The topological polar surface area (TPSA) is 35.5 Å². The van der Waals surface area contributed by atoms with Crippen molar-refractivity contribution >= 4 is 31.8 Å². The number of rotatable bonds is 12. The first kappa shape index (κ1) is 16.7. The molecule has 0 saturated heterocycles. The maximum absolute atomic E-state index is 11.2. The van der Waals surface area contributed by atoms with Crippen LogP contribution in [0.2, 0.25) is 0 Å². The molecule has 0 rings (SSSR count). The molecule has 0 aliphatic rings. The summed E-state index contributed by atoms with van der Waals surface area (Å²) < 4.78 is 21.3. The van der Waals surface area contributed by atoms with Crippen molar-refractivity contribution in [1.82, 2.24) is 0 Å². The summed E-state index contributed by atoms with van der Waals surface area (Å²) in [6.07, 6.45) is 2.34. The van der Waals surface area contributed by atoms with Gasteiger partial charge in [0.1, 0.15) is 13.2 Å². The van der Waals surface area contributed by atoms with Crippen LogP contribution in [0.4, 0.5) is 0 Å². The first-order chi connectivity index (χ1) is 7.81. The predicted molar refractivity (Wildman–Crippen MR) is 74.7 cm³/mol. The zero-order valence-corrected chi connectivity index (χ0v) is 12.7. The van der Waals surface area contributed by atoms with Gasteiger partial charge in [-0.05, 0) is 24.3 Å². The maximum Gasteiger partial charge on any atom is 0.697 e. The molecular formula is C10H22O3PS2+. The van der Waals surface area contributed by atoms with Gasteiger partial charge in [0.2, 0.25) is 0 Å². The summed E-state index contributed by atoms with van der Waals surface area (Å²) in [6.45, 7) is 5.32. The van der Waals surface area contributed by atoms with Crippen LogP contribution in [0.15, 0.2) is 0 Å². The van der Waals surface area contributed by atoms with E-state index < -0.39 is 8.25 Å². The van der Waals surface area contributed by atoms with Crippen molar-refractivity contribution in [2.45, 2.75) is 26.7 Å². The van der Waals surface area contributed by atoms with Crippen LogP contribution in [-0.4, -0.2) is 36.2 Å². The summed E-state index contributed by atoms with van der Waals surface area (Å²) in [5.74, 6) is 4.05. The smallest absolute Gasteiger partial charge is 0.159 e. The maximum atomic E-state index is 11.2. The van der Waals surface area contributed by atoms with Gasteiger partial charge in [-0.25, -0.2) is 0 Å². The summed E-state index contributed by atoms with van der Waals surface area (Å²) in [7, 11) is -1.90. The lowest BCUT2D eigenvalue weighted by molar-refractivity contribution is 0.246. The molecule has 6 heteroatoms. The Morgan fingerprint density at radius 2 is 1.31 bits per heavy atom. The van der Waals surface area contributed by atoms with Gasteiger partial charge in [-0.15, -0.1) is 9.05 Å². The van der Waals surface area contributed by atoms with E-state index in [1.165, 1.54) is 12.8 Å². The lowest BCUT2D eigenvalue weighted by Gasteiger charge is -1.95. The first-order valence-corrected chi connectivity index (χ1v) is 9.10. The fraction of sp³-hybridized carbons (Fsp3) is 1.00. The Bertz CT molecular complexity index is 154. The Kier molecular flexibility index (Phi) is 14.4. The zero-order valence-electron chi connectivity index (χ0n) is 10.1. The van der Waals surface area contributed by atoms with Crippen LogP contribution in [0.1, 0.15) is 26.7 Å². The van der Waals surface area contributed by atoms with E-state index in [0.29, 0.717) is 13.2 Å². The monoisotopic (exact) mass is 285 g/mol. The highest BCUT2D eigenvalue weighted by atomic mass is 32.2. The van der Waals surface area contributed by atoms with E-state index in [4.69, 9.17) is 9.05 Å². The molecule has 0 saturated carbocycles. The van der Waals surface area contributed by atoms with Crippen LogP contribution < -0.4 is 0 Å². The number of hydrogen-bond acceptors (Lipinski definition) is 5. The van der Waals surface area contributed by atoms with Gasteiger partial charge in [0.25, 0.3) is 0 Å². The van der Waals surface area contributed by atoms with Crippen LogP contribution in [0.3, 0.4) is 0 Å². The second kappa shape index (κ2) is 13.8. The highest BCUT2D eigenvalue weighted by Crippen LogP contribution is 2.24. The lowest BCUT2D eigenvalue weighted by Crippen LogP contribution is -1.96. The molecule has 0 bridgehead atoms. The highest BCUT2D eigenvalue weighted by molar-refractivity contribution is 7.99. The third-order valence-electron chi connectivity index (χ3n) is 1.55. The van der Waals surface area contributed by atoms with Gasteiger partial charge >= 0.3 is 8.25 Å². The van der Waals surface area contributed by atoms with Gasteiger partial charge in [-0.3, -0.25) is 0 Å². The third-order valence-corrected chi connectivity index (χ3v) is 4.64. The molecule has 0 aromatic rings. The molecule has 16 heavy (non-hydrogen) atoms. The molecule has 0 amide bonds. The fourth-order valence-corrected chi connectivity index (χ4v) is 3.06. The second-order valence-corrected chi connectivity index (χ2v) is 6.53. The molecule has 0 spiro atoms.